The SMILES string of the molecule is CCCCCCCCN=C(C(=NCCCCCCCC)c1ccccc1)c1ccccc1. The van der Waals surface area contributed by atoms with Gasteiger partial charge in [-0.3, -0.25) is 9.98 Å². The van der Waals surface area contributed by atoms with E-state index in [-0.39, 0.29) is 0 Å². The summed E-state index contributed by atoms with van der Waals surface area (Å²) >= 11 is 0. The molecule has 32 heavy (non-hydrogen) atoms. The fourth-order valence-electron chi connectivity index (χ4n) is 3.96. The maximum absolute atomic E-state index is 5.11. The lowest BCUT2D eigenvalue weighted by molar-refractivity contribution is 0.612. The van der Waals surface area contributed by atoms with Crippen molar-refractivity contribution in [2.24, 2.45) is 9.98 Å². The van der Waals surface area contributed by atoms with Gasteiger partial charge in [-0.05, 0) is 12.8 Å². The van der Waals surface area contributed by atoms with Gasteiger partial charge in [0, 0.05) is 24.2 Å². The summed E-state index contributed by atoms with van der Waals surface area (Å²) in [5.74, 6) is 0. The summed E-state index contributed by atoms with van der Waals surface area (Å²) in [6.45, 7) is 6.29. The van der Waals surface area contributed by atoms with Gasteiger partial charge in [0.2, 0.25) is 0 Å². The lowest BCUT2D eigenvalue weighted by Gasteiger charge is -2.12. The maximum Gasteiger partial charge on any atom is 0.0904 e. The normalized spacial score (nSPS) is 12.3. The molecule has 0 aliphatic heterocycles. The van der Waals surface area contributed by atoms with Crippen LogP contribution in [0, 0.1) is 0 Å². The highest BCUT2D eigenvalue weighted by Crippen LogP contribution is 2.13. The van der Waals surface area contributed by atoms with Gasteiger partial charge in [-0.2, -0.15) is 0 Å². The fourth-order valence-corrected chi connectivity index (χ4v) is 3.96. The smallest absolute Gasteiger partial charge is 0.0904 e. The summed E-state index contributed by atoms with van der Waals surface area (Å²) < 4.78 is 0. The quantitative estimate of drug-likeness (QED) is 0.176. The number of unbranched alkanes of at least 4 members (excludes halogenated alkanes) is 10. The summed E-state index contributed by atoms with van der Waals surface area (Å²) in [5, 5.41) is 0. The highest BCUT2D eigenvalue weighted by atomic mass is 14.8. The first kappa shape index (κ1) is 26.0. The minimum atomic E-state index is 0.874. The van der Waals surface area contributed by atoms with Crippen LogP contribution in [0.2, 0.25) is 0 Å². The molecule has 0 aromatic heterocycles. The Labute approximate surface area is 197 Å². The first-order valence-electron chi connectivity index (χ1n) is 13.1. The molecule has 0 heterocycles. The van der Waals surface area contributed by atoms with E-state index in [9.17, 15) is 0 Å². The minimum absolute atomic E-state index is 0.874. The van der Waals surface area contributed by atoms with Gasteiger partial charge in [-0.1, -0.05) is 139 Å². The topological polar surface area (TPSA) is 24.7 Å². The number of nitrogens with zero attached hydrogens (tertiary/aromatic N) is 2. The minimum Gasteiger partial charge on any atom is -0.282 e. The van der Waals surface area contributed by atoms with Crippen molar-refractivity contribution in [1.29, 1.82) is 0 Å². The second-order valence-corrected chi connectivity index (χ2v) is 8.73. The standard InChI is InChI=1S/C30H44N2/c1-3-5-7-9-11-19-25-31-29(27-21-15-13-16-22-27)30(28-23-17-14-18-24-28)32-26-20-12-10-8-6-4-2/h13-18,21-24H,3-12,19-20,25-26H2,1-2H3. The fraction of sp³-hybridized carbons (Fsp3) is 0.533. The van der Waals surface area contributed by atoms with E-state index in [0.29, 0.717) is 0 Å². The molecule has 0 aliphatic rings. The first-order chi connectivity index (χ1) is 15.9. The van der Waals surface area contributed by atoms with E-state index in [2.05, 4.69) is 74.5 Å². The van der Waals surface area contributed by atoms with Crippen molar-refractivity contribution >= 4 is 11.4 Å². The molecule has 2 rings (SSSR count). The van der Waals surface area contributed by atoms with E-state index < -0.39 is 0 Å². The molecule has 0 radical (unpaired) electrons. The van der Waals surface area contributed by atoms with E-state index in [0.717, 1.165) is 37.4 Å². The van der Waals surface area contributed by atoms with Gasteiger partial charge in [0.15, 0.2) is 0 Å². The summed E-state index contributed by atoms with van der Waals surface area (Å²) in [6.07, 6.45) is 15.5. The molecule has 0 bridgehead atoms. The van der Waals surface area contributed by atoms with Crippen LogP contribution in [0.5, 0.6) is 0 Å². The molecule has 0 atom stereocenters. The van der Waals surface area contributed by atoms with Crippen molar-refractivity contribution in [1.82, 2.24) is 0 Å². The van der Waals surface area contributed by atoms with Crippen molar-refractivity contribution in [3.63, 3.8) is 0 Å². The molecule has 0 N–H and O–H groups in total. The van der Waals surface area contributed by atoms with Crippen molar-refractivity contribution in [2.75, 3.05) is 13.1 Å². The Balaban J connectivity index is 2.13. The monoisotopic (exact) mass is 432 g/mol. The lowest BCUT2D eigenvalue weighted by Crippen LogP contribution is -2.19. The van der Waals surface area contributed by atoms with Gasteiger partial charge in [0.25, 0.3) is 0 Å². The lowest BCUT2D eigenvalue weighted by atomic mass is 9.99. The largest absolute Gasteiger partial charge is 0.282 e. The van der Waals surface area contributed by atoms with E-state index >= 15 is 0 Å². The number of hydrogen-bond acceptors (Lipinski definition) is 2. The molecule has 0 saturated carbocycles. The van der Waals surface area contributed by atoms with Crippen LogP contribution in [0.3, 0.4) is 0 Å². The maximum atomic E-state index is 5.11. The van der Waals surface area contributed by atoms with E-state index in [1.54, 1.807) is 0 Å². The van der Waals surface area contributed by atoms with E-state index in [1.165, 1.54) is 75.3 Å². The van der Waals surface area contributed by atoms with Crippen molar-refractivity contribution in [3.8, 4) is 0 Å². The Morgan fingerprint density at radius 2 is 0.812 bits per heavy atom. The highest BCUT2D eigenvalue weighted by molar-refractivity contribution is 6.53. The molecule has 0 amide bonds. The summed E-state index contributed by atoms with van der Waals surface area (Å²) in [7, 11) is 0. The summed E-state index contributed by atoms with van der Waals surface area (Å²) in [6, 6.07) is 21.2. The Kier molecular flexibility index (Phi) is 14.1. The molecule has 2 aromatic carbocycles. The number of hydrogen-bond donors (Lipinski definition) is 0. The molecule has 0 spiro atoms. The Morgan fingerprint density at radius 3 is 1.19 bits per heavy atom. The van der Waals surface area contributed by atoms with E-state index in [1.807, 2.05) is 0 Å². The van der Waals surface area contributed by atoms with Gasteiger partial charge < -0.3 is 0 Å². The molecule has 2 nitrogen and oxygen atoms in total. The van der Waals surface area contributed by atoms with Gasteiger partial charge >= 0.3 is 0 Å². The van der Waals surface area contributed by atoms with Crippen LogP contribution in [0.15, 0.2) is 70.6 Å². The first-order valence-corrected chi connectivity index (χ1v) is 13.1. The molecule has 2 heteroatoms. The van der Waals surface area contributed by atoms with Gasteiger partial charge in [0.1, 0.15) is 0 Å². The van der Waals surface area contributed by atoms with Gasteiger partial charge in [0.05, 0.1) is 11.4 Å². The van der Waals surface area contributed by atoms with Crippen LogP contribution in [0.25, 0.3) is 0 Å². The number of aliphatic imine (C=N–C) groups is 2. The Bertz CT molecular complexity index is 694. The van der Waals surface area contributed by atoms with Crippen molar-refractivity contribution < 1.29 is 0 Å². The summed E-state index contributed by atoms with van der Waals surface area (Å²) in [4.78, 5) is 10.2. The molecule has 2 aromatic rings. The average molecular weight is 433 g/mol. The predicted octanol–water partition coefficient (Wildman–Crippen LogP) is 8.69. The van der Waals surface area contributed by atoms with Crippen LogP contribution in [-0.2, 0) is 0 Å². The Morgan fingerprint density at radius 1 is 0.469 bits per heavy atom. The molecular formula is C30H44N2. The average Bonchev–Trinajstić information content (AvgIpc) is 2.84. The zero-order valence-corrected chi connectivity index (χ0v) is 20.6. The predicted molar refractivity (Wildman–Crippen MR) is 142 cm³/mol. The zero-order valence-electron chi connectivity index (χ0n) is 20.6. The third kappa shape index (κ3) is 10.4. The zero-order chi connectivity index (χ0) is 22.7. The second kappa shape index (κ2) is 17.3. The van der Waals surface area contributed by atoms with Gasteiger partial charge in [-0.15, -0.1) is 0 Å². The van der Waals surface area contributed by atoms with Gasteiger partial charge in [-0.25, -0.2) is 0 Å². The highest BCUT2D eigenvalue weighted by Gasteiger charge is 2.13. The van der Waals surface area contributed by atoms with Crippen molar-refractivity contribution in [3.05, 3.63) is 71.8 Å². The third-order valence-electron chi connectivity index (χ3n) is 5.88. The van der Waals surface area contributed by atoms with Crippen LogP contribution in [0.1, 0.15) is 102 Å². The Hall–Kier alpha value is -2.22. The second-order valence-electron chi connectivity index (χ2n) is 8.73. The molecular weight excluding hydrogens is 388 g/mol. The molecule has 0 saturated heterocycles. The third-order valence-corrected chi connectivity index (χ3v) is 5.88. The number of rotatable bonds is 17. The molecule has 174 valence electrons. The van der Waals surface area contributed by atoms with Crippen LogP contribution < -0.4 is 0 Å². The summed E-state index contributed by atoms with van der Waals surface area (Å²) in [5.41, 5.74) is 4.45. The molecule has 0 aliphatic carbocycles. The van der Waals surface area contributed by atoms with Crippen LogP contribution in [-0.4, -0.2) is 24.5 Å². The van der Waals surface area contributed by atoms with Crippen LogP contribution in [0.4, 0.5) is 0 Å². The van der Waals surface area contributed by atoms with Crippen LogP contribution >= 0.6 is 0 Å². The van der Waals surface area contributed by atoms with E-state index in [4.69, 9.17) is 9.98 Å². The number of benzene rings is 2. The van der Waals surface area contributed by atoms with Crippen molar-refractivity contribution in [2.45, 2.75) is 90.9 Å². The molecule has 0 fully saturated rings. The molecule has 0 unspecified atom stereocenters.